The van der Waals surface area contributed by atoms with Crippen molar-refractivity contribution in [3.63, 3.8) is 0 Å². The number of rotatable bonds is 4. The van der Waals surface area contributed by atoms with Crippen LogP contribution in [0.3, 0.4) is 0 Å². The molecule has 160 valence electrons. The van der Waals surface area contributed by atoms with Crippen molar-refractivity contribution in [2.24, 2.45) is 5.92 Å². The smallest absolute Gasteiger partial charge is 0.253 e. The number of amides is 2. The number of benzene rings is 2. The highest BCUT2D eigenvalue weighted by Gasteiger charge is 2.29. The molecule has 0 radical (unpaired) electrons. The molecule has 1 aliphatic rings. The highest BCUT2D eigenvalue weighted by atomic mass is 35.5. The molecule has 0 aliphatic carbocycles. The van der Waals surface area contributed by atoms with E-state index < -0.39 is 0 Å². The van der Waals surface area contributed by atoms with Gasteiger partial charge in [0.15, 0.2) is 5.82 Å². The second kappa shape index (κ2) is 8.89. The Morgan fingerprint density at radius 2 is 1.90 bits per heavy atom. The summed E-state index contributed by atoms with van der Waals surface area (Å²) in [6.45, 7) is 4.97. The molecule has 3 aromatic rings. The number of piperidine rings is 1. The van der Waals surface area contributed by atoms with Crippen LogP contribution in [0.25, 0.3) is 11.4 Å². The fraction of sp³-hybridized carbons (Fsp3) is 0.304. The van der Waals surface area contributed by atoms with Crippen LogP contribution in [0.5, 0.6) is 0 Å². The summed E-state index contributed by atoms with van der Waals surface area (Å²) in [6, 6.07) is 13.1. The van der Waals surface area contributed by atoms with Gasteiger partial charge in [-0.05, 0) is 51.0 Å². The summed E-state index contributed by atoms with van der Waals surface area (Å²) in [5.41, 5.74) is 3.47. The lowest BCUT2D eigenvalue weighted by atomic mass is 9.96. The van der Waals surface area contributed by atoms with Crippen molar-refractivity contribution >= 4 is 29.4 Å². The van der Waals surface area contributed by atoms with E-state index in [0.717, 1.165) is 17.5 Å². The fourth-order valence-electron chi connectivity index (χ4n) is 3.96. The third-order valence-electron chi connectivity index (χ3n) is 5.40. The minimum Gasteiger partial charge on any atom is -0.338 e. The summed E-state index contributed by atoms with van der Waals surface area (Å²) in [4.78, 5) is 31.9. The molecule has 0 bridgehead atoms. The molecule has 1 saturated heterocycles. The molecule has 1 fully saturated rings. The first kappa shape index (κ1) is 21.1. The molecule has 0 spiro atoms. The van der Waals surface area contributed by atoms with Gasteiger partial charge < -0.3 is 4.90 Å². The zero-order valence-electron chi connectivity index (χ0n) is 17.5. The van der Waals surface area contributed by atoms with Crippen molar-refractivity contribution in [2.75, 3.05) is 18.4 Å². The van der Waals surface area contributed by atoms with Crippen molar-refractivity contribution in [1.29, 1.82) is 0 Å². The van der Waals surface area contributed by atoms with Gasteiger partial charge in [0.25, 0.3) is 5.91 Å². The molecule has 4 rings (SSSR count). The maximum Gasteiger partial charge on any atom is 0.253 e. The lowest BCUT2D eigenvalue weighted by molar-refractivity contribution is -0.121. The van der Waals surface area contributed by atoms with Gasteiger partial charge in [0.05, 0.1) is 10.9 Å². The Bertz CT molecular complexity index is 1110. The fourth-order valence-corrected chi connectivity index (χ4v) is 4.19. The maximum absolute atomic E-state index is 13.0. The summed E-state index contributed by atoms with van der Waals surface area (Å²) >= 11 is 6.20. The van der Waals surface area contributed by atoms with Crippen LogP contribution in [0.2, 0.25) is 5.02 Å². The monoisotopic (exact) mass is 437 g/mol. The van der Waals surface area contributed by atoms with Gasteiger partial charge in [-0.1, -0.05) is 40.9 Å². The molecule has 2 amide bonds. The second-order valence-electron chi connectivity index (χ2n) is 7.94. The van der Waals surface area contributed by atoms with Crippen LogP contribution in [0.1, 0.15) is 34.3 Å². The normalized spacial score (nSPS) is 16.2. The Morgan fingerprint density at radius 3 is 2.65 bits per heavy atom. The van der Waals surface area contributed by atoms with E-state index in [9.17, 15) is 9.59 Å². The molecule has 2 N–H and O–H groups in total. The van der Waals surface area contributed by atoms with E-state index in [-0.39, 0.29) is 23.7 Å². The van der Waals surface area contributed by atoms with Gasteiger partial charge in [-0.15, -0.1) is 5.10 Å². The number of aromatic nitrogens is 3. The number of carbonyl (C=O) groups is 2. The highest BCUT2D eigenvalue weighted by Crippen LogP contribution is 2.25. The van der Waals surface area contributed by atoms with Crippen molar-refractivity contribution in [2.45, 2.75) is 26.7 Å². The topological polar surface area (TPSA) is 91.0 Å². The van der Waals surface area contributed by atoms with Crippen LogP contribution >= 0.6 is 11.6 Å². The van der Waals surface area contributed by atoms with E-state index in [2.05, 4.69) is 20.5 Å². The molecule has 1 aromatic heterocycles. The number of hydrogen-bond donors (Lipinski definition) is 2. The quantitative estimate of drug-likeness (QED) is 0.638. The van der Waals surface area contributed by atoms with Crippen molar-refractivity contribution in [3.8, 4) is 11.4 Å². The number of halogens is 1. The number of carbonyl (C=O) groups excluding carboxylic acids is 2. The third-order valence-corrected chi connectivity index (χ3v) is 5.73. The van der Waals surface area contributed by atoms with E-state index in [4.69, 9.17) is 11.6 Å². The second-order valence-corrected chi connectivity index (χ2v) is 8.35. The average Bonchev–Trinajstić information content (AvgIpc) is 3.21. The molecule has 0 saturated carbocycles. The molecule has 1 aliphatic heterocycles. The minimum absolute atomic E-state index is 0.0387. The summed E-state index contributed by atoms with van der Waals surface area (Å²) < 4.78 is 0. The standard InChI is InChI=1S/C23H24ClN5O2/c1-14-10-15(2)12-17(11-14)22(31)29-9-5-6-16(13-29)21(30)26-23-25-20(27-28-23)18-7-3-4-8-19(18)24/h3-4,7-8,10-12,16H,5-6,9,13H2,1-2H3,(H2,25,26,27,28,30). The number of nitrogens with one attached hydrogen (secondary N) is 2. The number of anilines is 1. The van der Waals surface area contributed by atoms with Gasteiger partial charge in [0.2, 0.25) is 11.9 Å². The largest absolute Gasteiger partial charge is 0.338 e. The molecular weight excluding hydrogens is 414 g/mol. The number of hydrogen-bond acceptors (Lipinski definition) is 4. The Morgan fingerprint density at radius 1 is 1.16 bits per heavy atom. The van der Waals surface area contributed by atoms with Gasteiger partial charge in [-0.2, -0.15) is 4.98 Å². The Balaban J connectivity index is 1.42. The molecule has 2 aromatic carbocycles. The maximum atomic E-state index is 13.0. The van der Waals surface area contributed by atoms with E-state index in [1.54, 1.807) is 11.0 Å². The van der Waals surface area contributed by atoms with E-state index >= 15 is 0 Å². The Hall–Kier alpha value is -3.19. The number of aromatic amines is 1. The molecular formula is C23H24ClN5O2. The van der Waals surface area contributed by atoms with Crippen LogP contribution in [0.4, 0.5) is 5.95 Å². The summed E-state index contributed by atoms with van der Waals surface area (Å²) in [6.07, 6.45) is 1.48. The average molecular weight is 438 g/mol. The summed E-state index contributed by atoms with van der Waals surface area (Å²) in [7, 11) is 0. The number of likely N-dealkylation sites (tertiary alicyclic amines) is 1. The summed E-state index contributed by atoms with van der Waals surface area (Å²) in [5, 5.41) is 10.2. The highest BCUT2D eigenvalue weighted by molar-refractivity contribution is 6.33. The van der Waals surface area contributed by atoms with Crippen LogP contribution in [0.15, 0.2) is 42.5 Å². The molecule has 1 atom stereocenters. The molecule has 7 nitrogen and oxygen atoms in total. The molecule has 2 heterocycles. The summed E-state index contributed by atoms with van der Waals surface area (Å²) in [5.74, 6) is 0.130. The van der Waals surface area contributed by atoms with Gasteiger partial charge in [-0.25, -0.2) is 0 Å². The first-order valence-corrected chi connectivity index (χ1v) is 10.6. The van der Waals surface area contributed by atoms with E-state index in [0.29, 0.717) is 41.5 Å². The van der Waals surface area contributed by atoms with Crippen LogP contribution in [0, 0.1) is 19.8 Å². The zero-order chi connectivity index (χ0) is 22.0. The van der Waals surface area contributed by atoms with Crippen molar-refractivity contribution in [1.82, 2.24) is 20.1 Å². The van der Waals surface area contributed by atoms with Gasteiger partial charge in [-0.3, -0.25) is 20.0 Å². The Kier molecular flexibility index (Phi) is 6.04. The SMILES string of the molecule is Cc1cc(C)cc(C(=O)N2CCCC(C(=O)Nc3n[nH]c(-c4ccccc4Cl)n3)C2)c1. The van der Waals surface area contributed by atoms with Crippen LogP contribution < -0.4 is 5.32 Å². The molecule has 31 heavy (non-hydrogen) atoms. The first-order chi connectivity index (χ1) is 14.9. The number of aryl methyl sites for hydroxylation is 2. The van der Waals surface area contributed by atoms with Crippen molar-refractivity contribution < 1.29 is 9.59 Å². The van der Waals surface area contributed by atoms with E-state index in [1.807, 2.05) is 50.2 Å². The van der Waals surface area contributed by atoms with Crippen LogP contribution in [-0.4, -0.2) is 45.0 Å². The van der Waals surface area contributed by atoms with Gasteiger partial charge in [0.1, 0.15) is 0 Å². The van der Waals surface area contributed by atoms with Gasteiger partial charge >= 0.3 is 0 Å². The lowest BCUT2D eigenvalue weighted by Gasteiger charge is -2.32. The zero-order valence-corrected chi connectivity index (χ0v) is 18.2. The van der Waals surface area contributed by atoms with Crippen molar-refractivity contribution in [3.05, 3.63) is 64.2 Å². The minimum atomic E-state index is -0.314. The Labute approximate surface area is 185 Å². The first-order valence-electron chi connectivity index (χ1n) is 10.3. The van der Waals surface area contributed by atoms with Crippen LogP contribution in [-0.2, 0) is 4.79 Å². The lowest BCUT2D eigenvalue weighted by Crippen LogP contribution is -2.43. The molecule has 8 heteroatoms. The number of nitrogens with zero attached hydrogens (tertiary/aromatic N) is 3. The molecule has 1 unspecified atom stereocenters. The van der Waals surface area contributed by atoms with E-state index in [1.165, 1.54) is 0 Å². The number of H-pyrrole nitrogens is 1. The van der Waals surface area contributed by atoms with Gasteiger partial charge in [0, 0.05) is 24.2 Å². The predicted molar refractivity (Wildman–Crippen MR) is 120 cm³/mol. The third kappa shape index (κ3) is 4.77. The predicted octanol–water partition coefficient (Wildman–Crippen LogP) is 4.23.